The predicted octanol–water partition coefficient (Wildman–Crippen LogP) is 4.09. The first-order valence-corrected chi connectivity index (χ1v) is 7.39. The molecule has 2 rings (SSSR count). The van der Waals surface area contributed by atoms with Crippen LogP contribution in [0.3, 0.4) is 0 Å². The summed E-state index contributed by atoms with van der Waals surface area (Å²) in [6.07, 6.45) is 1.11. The molecular formula is C16H21NS. The van der Waals surface area contributed by atoms with Gasteiger partial charge in [-0.1, -0.05) is 29.3 Å². The van der Waals surface area contributed by atoms with Gasteiger partial charge in [-0.05, 0) is 55.1 Å². The molecule has 0 amide bonds. The fraction of sp³-hybridized carbons (Fsp3) is 0.375. The smallest absolute Gasteiger partial charge is 0.0208 e. The van der Waals surface area contributed by atoms with Crippen molar-refractivity contribution in [1.29, 1.82) is 0 Å². The van der Waals surface area contributed by atoms with E-state index in [1.165, 1.54) is 22.3 Å². The van der Waals surface area contributed by atoms with Gasteiger partial charge in [-0.2, -0.15) is 11.3 Å². The molecule has 1 atom stereocenters. The van der Waals surface area contributed by atoms with E-state index in [9.17, 15) is 0 Å². The molecule has 96 valence electrons. The van der Waals surface area contributed by atoms with Crippen LogP contribution in [0.1, 0.15) is 29.2 Å². The number of nitrogens with one attached hydrogen (secondary N) is 1. The fourth-order valence-electron chi connectivity index (χ4n) is 2.30. The molecule has 0 fully saturated rings. The molecule has 18 heavy (non-hydrogen) atoms. The van der Waals surface area contributed by atoms with Crippen LogP contribution >= 0.6 is 11.3 Å². The molecule has 0 spiro atoms. The number of aryl methyl sites for hydroxylation is 2. The molecule has 1 nitrogen and oxygen atoms in total. The van der Waals surface area contributed by atoms with Gasteiger partial charge in [0.25, 0.3) is 0 Å². The molecule has 1 N–H and O–H groups in total. The first kappa shape index (κ1) is 13.3. The van der Waals surface area contributed by atoms with E-state index in [2.05, 4.69) is 61.1 Å². The Bertz CT molecular complexity index is 468. The Kier molecular flexibility index (Phi) is 4.56. The molecule has 1 aromatic carbocycles. The second-order valence-corrected chi connectivity index (χ2v) is 5.89. The molecule has 0 radical (unpaired) electrons. The quantitative estimate of drug-likeness (QED) is 0.853. The minimum Gasteiger partial charge on any atom is -0.310 e. The van der Waals surface area contributed by atoms with Crippen molar-refractivity contribution < 1.29 is 0 Å². The highest BCUT2D eigenvalue weighted by Gasteiger charge is 2.04. The molecule has 2 heteroatoms. The molecule has 1 heterocycles. The van der Waals surface area contributed by atoms with Crippen molar-refractivity contribution in [2.75, 3.05) is 0 Å². The summed E-state index contributed by atoms with van der Waals surface area (Å²) >= 11 is 1.77. The van der Waals surface area contributed by atoms with Gasteiger partial charge in [0.2, 0.25) is 0 Å². The van der Waals surface area contributed by atoms with Gasteiger partial charge in [-0.15, -0.1) is 0 Å². The minimum absolute atomic E-state index is 0.514. The van der Waals surface area contributed by atoms with Crippen molar-refractivity contribution in [1.82, 2.24) is 5.32 Å². The van der Waals surface area contributed by atoms with E-state index in [1.807, 2.05) is 0 Å². The SMILES string of the molecule is Cc1cc(C)cc(CNC(C)Cc2ccsc2)c1. The highest BCUT2D eigenvalue weighted by Crippen LogP contribution is 2.11. The number of hydrogen-bond donors (Lipinski definition) is 1. The maximum atomic E-state index is 3.60. The van der Waals surface area contributed by atoms with Crippen molar-refractivity contribution in [2.24, 2.45) is 0 Å². The van der Waals surface area contributed by atoms with Crippen LogP contribution < -0.4 is 5.32 Å². The Morgan fingerprint density at radius 3 is 2.44 bits per heavy atom. The van der Waals surface area contributed by atoms with E-state index in [4.69, 9.17) is 0 Å². The topological polar surface area (TPSA) is 12.0 Å². The largest absolute Gasteiger partial charge is 0.310 e. The summed E-state index contributed by atoms with van der Waals surface area (Å²) in [5.41, 5.74) is 5.50. The van der Waals surface area contributed by atoms with Gasteiger partial charge in [0.05, 0.1) is 0 Å². The Morgan fingerprint density at radius 1 is 1.11 bits per heavy atom. The summed E-state index contributed by atoms with van der Waals surface area (Å²) in [5.74, 6) is 0. The zero-order chi connectivity index (χ0) is 13.0. The molecular weight excluding hydrogens is 238 g/mol. The van der Waals surface area contributed by atoms with E-state index in [0.717, 1.165) is 13.0 Å². The van der Waals surface area contributed by atoms with Crippen molar-refractivity contribution in [3.05, 3.63) is 57.3 Å². The van der Waals surface area contributed by atoms with Crippen LogP contribution in [-0.2, 0) is 13.0 Å². The number of hydrogen-bond acceptors (Lipinski definition) is 2. The zero-order valence-electron chi connectivity index (χ0n) is 11.4. The van der Waals surface area contributed by atoms with Crippen LogP contribution in [-0.4, -0.2) is 6.04 Å². The third-order valence-corrected chi connectivity index (χ3v) is 3.79. The zero-order valence-corrected chi connectivity index (χ0v) is 12.2. The number of benzene rings is 1. The summed E-state index contributed by atoms with van der Waals surface area (Å²) in [5, 5.41) is 7.97. The predicted molar refractivity (Wildman–Crippen MR) is 80.2 cm³/mol. The van der Waals surface area contributed by atoms with Crippen LogP contribution in [0.4, 0.5) is 0 Å². The van der Waals surface area contributed by atoms with E-state index >= 15 is 0 Å². The third kappa shape index (κ3) is 3.97. The second-order valence-electron chi connectivity index (χ2n) is 5.11. The second kappa shape index (κ2) is 6.17. The average Bonchev–Trinajstić information content (AvgIpc) is 2.78. The van der Waals surface area contributed by atoms with Gasteiger partial charge in [0, 0.05) is 12.6 Å². The molecule has 0 bridgehead atoms. The molecule has 0 saturated carbocycles. The summed E-state index contributed by atoms with van der Waals surface area (Å²) in [7, 11) is 0. The van der Waals surface area contributed by atoms with Gasteiger partial charge >= 0.3 is 0 Å². The van der Waals surface area contributed by atoms with E-state index in [1.54, 1.807) is 11.3 Å². The van der Waals surface area contributed by atoms with Gasteiger partial charge in [-0.25, -0.2) is 0 Å². The van der Waals surface area contributed by atoms with Crippen LogP contribution in [0, 0.1) is 13.8 Å². The molecule has 2 aromatic rings. The van der Waals surface area contributed by atoms with Crippen LogP contribution in [0.2, 0.25) is 0 Å². The van der Waals surface area contributed by atoms with E-state index < -0.39 is 0 Å². The van der Waals surface area contributed by atoms with Crippen LogP contribution in [0.25, 0.3) is 0 Å². The maximum Gasteiger partial charge on any atom is 0.0208 e. The molecule has 0 aliphatic carbocycles. The minimum atomic E-state index is 0.514. The van der Waals surface area contributed by atoms with Gasteiger partial charge in [-0.3, -0.25) is 0 Å². The lowest BCUT2D eigenvalue weighted by Gasteiger charge is -2.14. The lowest BCUT2D eigenvalue weighted by atomic mass is 10.1. The van der Waals surface area contributed by atoms with Crippen molar-refractivity contribution in [2.45, 2.75) is 39.8 Å². The first-order chi connectivity index (χ1) is 8.63. The molecule has 0 saturated heterocycles. The normalized spacial score (nSPS) is 12.6. The van der Waals surface area contributed by atoms with Crippen LogP contribution in [0.15, 0.2) is 35.0 Å². The van der Waals surface area contributed by atoms with Gasteiger partial charge in [0.1, 0.15) is 0 Å². The van der Waals surface area contributed by atoms with Crippen LogP contribution in [0.5, 0.6) is 0 Å². The lowest BCUT2D eigenvalue weighted by Crippen LogP contribution is -2.27. The standard InChI is InChI=1S/C16H21NS/c1-12-6-13(2)8-16(7-12)10-17-14(3)9-15-4-5-18-11-15/h4-8,11,14,17H,9-10H2,1-3H3. The Hall–Kier alpha value is -1.12. The maximum absolute atomic E-state index is 3.60. The summed E-state index contributed by atoms with van der Waals surface area (Å²) in [6, 6.07) is 9.47. The van der Waals surface area contributed by atoms with Crippen molar-refractivity contribution in [3.8, 4) is 0 Å². The van der Waals surface area contributed by atoms with Gasteiger partial charge in [0.15, 0.2) is 0 Å². The highest BCUT2D eigenvalue weighted by molar-refractivity contribution is 7.07. The van der Waals surface area contributed by atoms with Gasteiger partial charge < -0.3 is 5.32 Å². The van der Waals surface area contributed by atoms with E-state index in [-0.39, 0.29) is 0 Å². The van der Waals surface area contributed by atoms with E-state index in [0.29, 0.717) is 6.04 Å². The highest BCUT2D eigenvalue weighted by atomic mass is 32.1. The Balaban J connectivity index is 1.87. The molecule has 0 aliphatic rings. The first-order valence-electron chi connectivity index (χ1n) is 6.45. The number of thiophene rings is 1. The summed E-state index contributed by atoms with van der Waals surface area (Å²) in [6.45, 7) is 7.52. The number of rotatable bonds is 5. The Labute approximate surface area is 114 Å². The molecule has 1 unspecified atom stereocenters. The van der Waals surface area contributed by atoms with Crippen molar-refractivity contribution >= 4 is 11.3 Å². The monoisotopic (exact) mass is 259 g/mol. The average molecular weight is 259 g/mol. The third-order valence-electron chi connectivity index (χ3n) is 3.06. The Morgan fingerprint density at radius 2 is 1.83 bits per heavy atom. The summed E-state index contributed by atoms with van der Waals surface area (Å²) < 4.78 is 0. The van der Waals surface area contributed by atoms with Crippen molar-refractivity contribution in [3.63, 3.8) is 0 Å². The summed E-state index contributed by atoms with van der Waals surface area (Å²) in [4.78, 5) is 0. The molecule has 0 aliphatic heterocycles. The fourth-order valence-corrected chi connectivity index (χ4v) is 2.98. The lowest BCUT2D eigenvalue weighted by molar-refractivity contribution is 0.546. The molecule has 1 aromatic heterocycles.